The fourth-order valence-electron chi connectivity index (χ4n) is 9.94. The predicted molar refractivity (Wildman–Crippen MR) is 483 cm³/mol. The van der Waals surface area contributed by atoms with Crippen LogP contribution in [-0.2, 0) is 31.5 Å². The number of aromatic carboxylic acids is 1. The molecule has 0 unspecified atom stereocenters. The van der Waals surface area contributed by atoms with E-state index in [4.69, 9.17) is 75.8 Å². The Morgan fingerprint density at radius 3 is 0.871 bits per heavy atom. The first-order valence-electron chi connectivity index (χ1n) is 37.6. The number of aromatic nitrogens is 3. The number of hydrogen-bond acceptors (Lipinski definition) is 19. The fourth-order valence-corrected chi connectivity index (χ4v) is 12.2. The second kappa shape index (κ2) is 43.8. The Morgan fingerprint density at radius 2 is 0.629 bits per heavy atom. The molecule has 0 spiro atoms. The molecule has 124 heavy (non-hydrogen) atoms. The van der Waals surface area contributed by atoms with Crippen molar-refractivity contribution < 1.29 is 115 Å². The number of hydrogen-bond donors (Lipinski definition) is 5. The minimum absolute atomic E-state index is 0.113. The van der Waals surface area contributed by atoms with Crippen LogP contribution in [0.4, 0.5) is 26.3 Å². The van der Waals surface area contributed by atoms with Gasteiger partial charge in [-0.15, -0.1) is 23.2 Å². The van der Waals surface area contributed by atoms with Gasteiger partial charge in [-0.25, -0.2) is 32.8 Å². The Bertz CT molecular complexity index is 5830. The van der Waals surface area contributed by atoms with Gasteiger partial charge in [-0.05, 0) is 175 Å². The van der Waals surface area contributed by atoms with E-state index < -0.39 is 73.2 Å². The first-order valence-corrected chi connectivity index (χ1v) is 51.3. The summed E-state index contributed by atoms with van der Waals surface area (Å²) in [6.45, 7) is 33.0. The number of para-hydroxylation sites is 6. The van der Waals surface area contributed by atoms with Crippen molar-refractivity contribution in [2.24, 2.45) is 7.05 Å². The van der Waals surface area contributed by atoms with Gasteiger partial charge in [0.05, 0.1) is 62.0 Å². The second-order valence-corrected chi connectivity index (χ2v) is 52.2. The van der Waals surface area contributed by atoms with E-state index in [2.05, 4.69) is 120 Å². The number of aromatic hydroxyl groups is 4. The number of phenolic OH excluding ortho intramolecular Hbond substituents is 4. The average molecular weight is 1870 g/mol. The monoisotopic (exact) mass is 1860 g/mol. The number of esters is 2. The number of nitrogens with zero attached hydrogens (tertiary/aromatic N) is 3. The lowest BCUT2D eigenvalue weighted by atomic mass is 10.0. The number of ether oxygens (including phenoxy) is 2. The molecule has 0 aliphatic heterocycles. The number of pyridine rings is 3. The Kier molecular flexibility index (Phi) is 36.7. The van der Waals surface area contributed by atoms with E-state index in [0.29, 0.717) is 62.1 Å². The van der Waals surface area contributed by atoms with Gasteiger partial charge >= 0.3 is 39.0 Å². The van der Waals surface area contributed by atoms with Crippen molar-refractivity contribution in [3.05, 3.63) is 259 Å². The van der Waals surface area contributed by atoms with Crippen LogP contribution in [0.15, 0.2) is 243 Å². The molecule has 0 bridgehead atoms. The van der Waals surface area contributed by atoms with E-state index in [1.807, 2.05) is 165 Å². The molecule has 0 amide bonds. The molecular weight excluding hydrogens is 1770 g/mol. The normalized spacial score (nSPS) is 11.8. The molecule has 10 aromatic carbocycles. The highest BCUT2D eigenvalue weighted by atomic mass is 35.6. The minimum atomic E-state index is -6.09. The van der Waals surface area contributed by atoms with E-state index in [1.165, 1.54) is 36.4 Å². The summed E-state index contributed by atoms with van der Waals surface area (Å²) in [5.74, 6) is 1.53. The lowest BCUT2D eigenvalue weighted by molar-refractivity contribution is -0.617. The molecule has 0 radical (unpaired) electrons. The Labute approximate surface area is 734 Å². The lowest BCUT2D eigenvalue weighted by Crippen LogP contribution is -2.43. The molecular formula is C89H98Cl3F6N3O18S2Si3. The zero-order valence-electron chi connectivity index (χ0n) is 70.9. The van der Waals surface area contributed by atoms with Crippen LogP contribution < -0.4 is 22.9 Å². The summed E-state index contributed by atoms with van der Waals surface area (Å²) >= 11 is 15.7. The Hall–Kier alpha value is -10.7. The summed E-state index contributed by atoms with van der Waals surface area (Å²) in [6, 6.07) is 71.5. The predicted octanol–water partition coefficient (Wildman–Crippen LogP) is 23.9. The number of phenols is 4. The van der Waals surface area contributed by atoms with Gasteiger partial charge in [0.15, 0.2) is 17.5 Å². The summed E-state index contributed by atoms with van der Waals surface area (Å²) in [5.41, 5.74) is -4.68. The van der Waals surface area contributed by atoms with Crippen molar-refractivity contribution in [1.82, 2.24) is 9.97 Å². The van der Waals surface area contributed by atoms with Crippen LogP contribution >= 0.6 is 34.3 Å². The molecule has 664 valence electrons. The van der Waals surface area contributed by atoms with Gasteiger partial charge in [0.1, 0.15) is 53.0 Å². The van der Waals surface area contributed by atoms with Crippen LogP contribution in [-0.4, -0.2) is 122 Å². The maximum absolute atomic E-state index is 13.2. The zero-order chi connectivity index (χ0) is 93.5. The summed E-state index contributed by atoms with van der Waals surface area (Å²) < 4.78 is 141. The molecule has 0 aliphatic carbocycles. The van der Waals surface area contributed by atoms with Crippen LogP contribution in [0.3, 0.4) is 0 Å². The van der Waals surface area contributed by atoms with Gasteiger partial charge < -0.3 is 48.4 Å². The molecule has 13 aromatic rings. The third-order valence-electron chi connectivity index (χ3n) is 19.6. The maximum atomic E-state index is 13.2. The number of alkyl halides is 8. The lowest BCUT2D eigenvalue weighted by Gasteiger charge is -2.36. The highest BCUT2D eigenvalue weighted by Gasteiger charge is 2.46. The number of fused-ring (bicyclic) bond motifs is 6. The molecule has 0 fully saturated rings. The third-order valence-corrected chi connectivity index (χ3v) is 35.1. The number of benzene rings is 10. The summed E-state index contributed by atoms with van der Waals surface area (Å²) in [7, 11) is -14.0. The highest BCUT2D eigenvalue weighted by molar-refractivity contribution is 7.87. The van der Waals surface area contributed by atoms with E-state index in [0.717, 1.165) is 55.1 Å². The first-order chi connectivity index (χ1) is 57.3. The molecule has 0 saturated carbocycles. The molecule has 5 N–H and O–H groups in total. The summed E-state index contributed by atoms with van der Waals surface area (Å²) in [6.07, 6.45) is 0. The molecule has 0 saturated heterocycles. The number of halogens is 9. The molecule has 3 heterocycles. The maximum Gasteiger partial charge on any atom is 0.523 e. The summed E-state index contributed by atoms with van der Waals surface area (Å²) in [4.78, 5) is 46.7. The van der Waals surface area contributed by atoms with Gasteiger partial charge in [-0.1, -0.05) is 172 Å². The molecule has 21 nitrogen and oxygen atoms in total. The number of carboxylic acids is 1. The highest BCUT2D eigenvalue weighted by Crippen LogP contribution is 2.41. The molecule has 0 aliphatic rings. The van der Waals surface area contributed by atoms with Gasteiger partial charge in [-0.3, -0.25) is 4.18 Å². The smallest absolute Gasteiger partial charge is 0.523 e. The number of carboxylic acid groups (broad SMARTS) is 1. The molecule has 13 rings (SSSR count). The standard InChI is InChI=1S/C26H27NO3Si.C21H15NO3.C14H9NO2.C12H20O2Si.C6H15ClSi.C6H6O2.C2H3F3O3S.CH2Cl2.CHF3O3S/c1-26(2,3)31(4,5)30-19-16-14-18(15-17-19)29-25(28)24-20-10-6-8-12-22(20)27-23-13-9-7-11-21(23)24;1-22-18-8-4-2-6-16(18)20(17-7-3-5-9-19(17)22)21(24)25-15-12-10-14(23)11-13-15;16-14(17)13-9-5-1-3-7-11(9)15-12-8-4-2-6-10(12)13;1-12(2,3)15(4,5)14-11-8-6-10(13)7-9-11;1-6(2,3)8(4,5)7;7-5-1-2-6(8)4-3-5;1-8-9(6,7)2(3,4)5;2-1-3;2-1(3,4)8(5,6)7/h6-17H,1-5H3;2-13H,1H3;1-8H,(H,16,17);6-9,13H,1-5H3;1-5H3;1-4,7-8H;1H3;1H2;(H,5,6,7). The molecule has 0 atom stereocenters. The van der Waals surface area contributed by atoms with Crippen molar-refractivity contribution in [3.63, 3.8) is 0 Å². The van der Waals surface area contributed by atoms with Crippen LogP contribution in [0.2, 0.25) is 54.4 Å². The SMILES string of the molecule is CC(C)(C)[Si](C)(C)Cl.CC(C)(C)[Si](C)(C)Oc1ccc(O)cc1.CC(C)(C)[Si](C)(C)Oc1ccc(OC(=O)c2c3ccccc3nc3ccccc23)cc1.COS(=O)(=O)C(F)(F)F.C[n+]1c2ccccc2c(C(=O)Oc2ccc(O)cc2)c2ccccc21.ClCCl.O=C(O)c1c2ccccc2nc2ccccc12.O=S(=O)([O-])C(F)(F)F.Oc1ccc(O)cc1. The van der Waals surface area contributed by atoms with Gasteiger partial charge in [0, 0.05) is 33.7 Å². The van der Waals surface area contributed by atoms with Gasteiger partial charge in [0.2, 0.25) is 27.7 Å². The first kappa shape index (κ1) is 104. The van der Waals surface area contributed by atoms with E-state index in [9.17, 15) is 64.5 Å². The number of carbonyl (C=O) groups is 3. The number of rotatable bonds is 10. The zero-order valence-corrected chi connectivity index (χ0v) is 77.8. The Balaban J connectivity index is 0.000000264. The van der Waals surface area contributed by atoms with E-state index >= 15 is 0 Å². The van der Waals surface area contributed by atoms with Crippen molar-refractivity contribution >= 4 is 162 Å². The third kappa shape index (κ3) is 29.8. The van der Waals surface area contributed by atoms with Crippen molar-refractivity contribution in [2.45, 2.75) is 128 Å². The fraction of sp³-hybridized carbons (Fsp3) is 0.258. The van der Waals surface area contributed by atoms with Crippen LogP contribution in [0.5, 0.6) is 46.0 Å². The van der Waals surface area contributed by atoms with Crippen LogP contribution in [0.25, 0.3) is 65.4 Å². The molecule has 3 aromatic heterocycles. The number of aryl methyl sites for hydroxylation is 1. The van der Waals surface area contributed by atoms with E-state index in [-0.39, 0.29) is 38.4 Å². The Morgan fingerprint density at radius 1 is 0.403 bits per heavy atom. The van der Waals surface area contributed by atoms with Gasteiger partial charge in [0.25, 0.3) is 0 Å². The van der Waals surface area contributed by atoms with Crippen LogP contribution in [0.1, 0.15) is 93.4 Å². The quantitative estimate of drug-likeness (QED) is 0.00690. The molecule has 35 heteroatoms. The van der Waals surface area contributed by atoms with E-state index in [1.54, 1.807) is 48.5 Å². The van der Waals surface area contributed by atoms with Crippen molar-refractivity contribution in [3.8, 4) is 46.0 Å². The summed E-state index contributed by atoms with van der Waals surface area (Å²) in [5, 5.41) is 50.6. The average Bonchev–Trinajstić information content (AvgIpc) is 0.759. The van der Waals surface area contributed by atoms with Crippen LogP contribution in [0, 0.1) is 0 Å². The number of carbonyl (C=O) groups excluding carboxylic acids is 2. The largest absolute Gasteiger partial charge is 0.741 e. The van der Waals surface area contributed by atoms with Crippen molar-refractivity contribution in [2.75, 3.05) is 12.4 Å². The minimum Gasteiger partial charge on any atom is -0.741 e. The van der Waals surface area contributed by atoms with Crippen molar-refractivity contribution in [1.29, 1.82) is 0 Å². The second-order valence-electron chi connectivity index (χ2n) is 31.6. The van der Waals surface area contributed by atoms with Gasteiger partial charge in [-0.2, -0.15) is 50.4 Å². The topological polar surface area (TPSA) is 320 Å².